The van der Waals surface area contributed by atoms with E-state index in [2.05, 4.69) is 0 Å². The molecule has 0 aromatic heterocycles. The fraction of sp³-hybridized carbons (Fsp3) is 0.0714. The highest BCUT2D eigenvalue weighted by Gasteiger charge is 2.41. The molecule has 4 heteroatoms. The minimum Gasteiger partial charge on any atom is -0.392 e. The van der Waals surface area contributed by atoms with Crippen LogP contribution in [0.4, 0.5) is 0 Å². The Hall–Kier alpha value is -1.40. The molecule has 2 aromatic rings. The Morgan fingerprint density at radius 1 is 0.944 bits per heavy atom. The zero-order valence-corrected chi connectivity index (χ0v) is 11.6. The molecule has 18 heavy (non-hydrogen) atoms. The topological polar surface area (TPSA) is 46.5 Å². The lowest BCUT2D eigenvalue weighted by Gasteiger charge is -2.25. The van der Waals surface area contributed by atoms with Gasteiger partial charge < -0.3 is 8.17 Å². The van der Waals surface area contributed by atoms with E-state index in [0.29, 0.717) is 11.1 Å². The van der Waals surface area contributed by atoms with E-state index in [-0.39, 0.29) is 0 Å². The van der Waals surface area contributed by atoms with Gasteiger partial charge in [-0.05, 0) is 11.1 Å². The zero-order valence-electron chi connectivity index (χ0n) is 9.42. The lowest BCUT2D eigenvalue weighted by Crippen LogP contribution is -2.37. The van der Waals surface area contributed by atoms with Gasteiger partial charge in [-0.1, -0.05) is 60.7 Å². The second-order valence-electron chi connectivity index (χ2n) is 3.81. The molecule has 0 saturated carbocycles. The van der Waals surface area contributed by atoms with Crippen molar-refractivity contribution < 1.29 is 13.0 Å². The van der Waals surface area contributed by atoms with Gasteiger partial charge in [0.05, 0.1) is 0 Å². The number of halogens is 1. The average Bonchev–Trinajstić information content (AvgIpc) is 2.47. The highest BCUT2D eigenvalue weighted by molar-refractivity contribution is 14.1. The molecular formula is C14H11IO3. The van der Waals surface area contributed by atoms with Crippen LogP contribution in [0.15, 0.2) is 60.7 Å². The van der Waals surface area contributed by atoms with Crippen LogP contribution in [0.1, 0.15) is 11.1 Å². The maximum atomic E-state index is 12.0. The summed E-state index contributed by atoms with van der Waals surface area (Å²) < 4.78 is 4.71. The number of rotatable bonds is 3. The fourth-order valence-electron chi connectivity index (χ4n) is 1.82. The standard InChI is InChI=1S/C14H11IO3/c15-18-13(16)14(17,11-7-3-1-4-8-11)12-9-5-2-6-10-12/h1-10,17H. The average molecular weight is 354 g/mol. The molecule has 0 unspecified atom stereocenters. The van der Waals surface area contributed by atoms with Gasteiger partial charge in [-0.3, -0.25) is 0 Å². The largest absolute Gasteiger partial charge is 0.392 e. The Bertz CT molecular complexity index is 486. The van der Waals surface area contributed by atoms with Crippen LogP contribution in [0.5, 0.6) is 0 Å². The Kier molecular flexibility index (Phi) is 3.98. The molecule has 1 N–H and O–H groups in total. The monoisotopic (exact) mass is 354 g/mol. The molecule has 0 heterocycles. The highest BCUT2D eigenvalue weighted by Crippen LogP contribution is 2.31. The minimum atomic E-state index is -1.77. The number of hydrogen-bond donors (Lipinski definition) is 1. The van der Waals surface area contributed by atoms with Gasteiger partial charge in [0.1, 0.15) is 0 Å². The first-order valence-electron chi connectivity index (χ1n) is 5.36. The summed E-state index contributed by atoms with van der Waals surface area (Å²) in [5.41, 5.74) is -0.806. The van der Waals surface area contributed by atoms with E-state index < -0.39 is 11.6 Å². The third-order valence-corrected chi connectivity index (χ3v) is 3.15. The maximum absolute atomic E-state index is 12.0. The van der Waals surface area contributed by atoms with E-state index in [1.54, 1.807) is 48.5 Å². The van der Waals surface area contributed by atoms with E-state index in [1.807, 2.05) is 12.1 Å². The number of carbonyl (C=O) groups is 1. The van der Waals surface area contributed by atoms with E-state index in [9.17, 15) is 9.90 Å². The SMILES string of the molecule is O=C(OI)C(O)(c1ccccc1)c1ccccc1. The van der Waals surface area contributed by atoms with Gasteiger partial charge in [0.15, 0.2) is 23.0 Å². The highest BCUT2D eigenvalue weighted by atomic mass is 127. The van der Waals surface area contributed by atoms with Gasteiger partial charge in [0.2, 0.25) is 5.60 Å². The van der Waals surface area contributed by atoms with Crippen molar-refractivity contribution in [1.82, 2.24) is 0 Å². The predicted octanol–water partition coefficient (Wildman–Crippen LogP) is 2.82. The van der Waals surface area contributed by atoms with Crippen LogP contribution in [0.25, 0.3) is 0 Å². The molecule has 0 fully saturated rings. The summed E-state index contributed by atoms with van der Waals surface area (Å²) >= 11 is 1.48. The molecule has 0 atom stereocenters. The fourth-order valence-corrected chi connectivity index (χ4v) is 2.14. The molecule has 0 radical (unpaired) electrons. The van der Waals surface area contributed by atoms with Gasteiger partial charge in [-0.25, -0.2) is 4.79 Å². The number of aliphatic hydroxyl groups is 1. The summed E-state index contributed by atoms with van der Waals surface area (Å²) in [7, 11) is 0. The van der Waals surface area contributed by atoms with E-state index in [0.717, 1.165) is 0 Å². The van der Waals surface area contributed by atoms with Crippen LogP contribution < -0.4 is 0 Å². The van der Waals surface area contributed by atoms with Crippen molar-refractivity contribution in [2.24, 2.45) is 0 Å². The zero-order chi connectivity index (χ0) is 13.0. The number of carbonyl (C=O) groups excluding carboxylic acids is 1. The molecule has 3 nitrogen and oxygen atoms in total. The molecule has 0 aliphatic rings. The summed E-state index contributed by atoms with van der Waals surface area (Å²) in [6, 6.07) is 17.5. The summed E-state index contributed by atoms with van der Waals surface area (Å²) in [4.78, 5) is 12.0. The number of hydrogen-bond acceptors (Lipinski definition) is 3. The second-order valence-corrected chi connectivity index (χ2v) is 4.25. The second kappa shape index (κ2) is 5.49. The third kappa shape index (κ3) is 2.26. The van der Waals surface area contributed by atoms with E-state index in [4.69, 9.17) is 3.07 Å². The normalized spacial score (nSPS) is 11.0. The van der Waals surface area contributed by atoms with E-state index >= 15 is 0 Å². The Balaban J connectivity index is 2.59. The Morgan fingerprint density at radius 2 is 1.33 bits per heavy atom. The number of benzene rings is 2. The van der Waals surface area contributed by atoms with Gasteiger partial charge >= 0.3 is 5.97 Å². The first kappa shape index (κ1) is 13.0. The molecule has 2 aromatic carbocycles. The summed E-state index contributed by atoms with van der Waals surface area (Å²) in [5, 5.41) is 10.7. The molecule has 0 bridgehead atoms. The molecular weight excluding hydrogens is 343 g/mol. The third-order valence-electron chi connectivity index (χ3n) is 2.75. The van der Waals surface area contributed by atoms with Crippen LogP contribution in [0, 0.1) is 0 Å². The van der Waals surface area contributed by atoms with Crippen LogP contribution >= 0.6 is 23.0 Å². The Labute approximate surface area is 119 Å². The summed E-state index contributed by atoms with van der Waals surface area (Å²) in [6.45, 7) is 0. The molecule has 0 spiro atoms. The van der Waals surface area contributed by atoms with Gasteiger partial charge in [-0.15, -0.1) is 0 Å². The van der Waals surface area contributed by atoms with Crippen LogP contribution in [-0.2, 0) is 13.5 Å². The maximum Gasteiger partial charge on any atom is 0.357 e. The van der Waals surface area contributed by atoms with Crippen LogP contribution in [-0.4, -0.2) is 11.1 Å². The van der Waals surface area contributed by atoms with Crippen molar-refractivity contribution in [3.05, 3.63) is 71.8 Å². The quantitative estimate of drug-likeness (QED) is 0.863. The molecule has 0 amide bonds. The van der Waals surface area contributed by atoms with Gasteiger partial charge in [-0.2, -0.15) is 0 Å². The first-order chi connectivity index (χ1) is 8.69. The molecule has 0 saturated heterocycles. The molecule has 2 rings (SSSR count). The summed E-state index contributed by atoms with van der Waals surface area (Å²) in [5.74, 6) is -0.708. The van der Waals surface area contributed by atoms with Crippen molar-refractivity contribution in [3.63, 3.8) is 0 Å². The van der Waals surface area contributed by atoms with Gasteiger partial charge in [0, 0.05) is 0 Å². The van der Waals surface area contributed by atoms with Gasteiger partial charge in [0.25, 0.3) is 0 Å². The lowest BCUT2D eigenvalue weighted by molar-refractivity contribution is -0.148. The minimum absolute atomic E-state index is 0.484. The van der Waals surface area contributed by atoms with Crippen LogP contribution in [0.3, 0.4) is 0 Å². The summed E-state index contributed by atoms with van der Waals surface area (Å²) in [6.07, 6.45) is 0. The molecule has 0 aliphatic heterocycles. The lowest BCUT2D eigenvalue weighted by atomic mass is 9.86. The smallest absolute Gasteiger partial charge is 0.357 e. The first-order valence-corrected chi connectivity index (χ1v) is 6.24. The van der Waals surface area contributed by atoms with Crippen molar-refractivity contribution >= 4 is 29.0 Å². The van der Waals surface area contributed by atoms with Crippen molar-refractivity contribution in [2.45, 2.75) is 5.60 Å². The van der Waals surface area contributed by atoms with E-state index in [1.165, 1.54) is 23.0 Å². The predicted molar refractivity (Wildman–Crippen MR) is 76.0 cm³/mol. The van der Waals surface area contributed by atoms with Crippen molar-refractivity contribution in [3.8, 4) is 0 Å². The van der Waals surface area contributed by atoms with Crippen molar-refractivity contribution in [2.75, 3.05) is 0 Å². The molecule has 92 valence electrons. The van der Waals surface area contributed by atoms with Crippen molar-refractivity contribution in [1.29, 1.82) is 0 Å². The Morgan fingerprint density at radius 3 is 1.67 bits per heavy atom. The molecule has 0 aliphatic carbocycles. The van der Waals surface area contributed by atoms with Crippen LogP contribution in [0.2, 0.25) is 0 Å².